The zero-order chi connectivity index (χ0) is 13.1. The van der Waals surface area contributed by atoms with Gasteiger partial charge < -0.3 is 5.73 Å². The Morgan fingerprint density at radius 3 is 2.58 bits per heavy atom. The SMILES string of the molecule is CC(N)C1CCN(Cc2ccc(Br)c(F)c2)CC1.Cl. The van der Waals surface area contributed by atoms with Crippen molar-refractivity contribution in [2.75, 3.05) is 13.1 Å². The van der Waals surface area contributed by atoms with Crippen LogP contribution in [-0.4, -0.2) is 24.0 Å². The largest absolute Gasteiger partial charge is 0.328 e. The minimum absolute atomic E-state index is 0. The molecule has 1 saturated heterocycles. The molecule has 108 valence electrons. The van der Waals surface area contributed by atoms with Crippen LogP contribution in [0.4, 0.5) is 4.39 Å². The third-order valence-corrected chi connectivity index (χ3v) is 4.41. The lowest BCUT2D eigenvalue weighted by Crippen LogP contribution is -2.39. The summed E-state index contributed by atoms with van der Waals surface area (Å²) in [5.74, 6) is 0.459. The Morgan fingerprint density at radius 2 is 2.05 bits per heavy atom. The van der Waals surface area contributed by atoms with E-state index < -0.39 is 0 Å². The highest BCUT2D eigenvalue weighted by molar-refractivity contribution is 9.10. The van der Waals surface area contributed by atoms with Gasteiger partial charge in [-0.2, -0.15) is 0 Å². The molecule has 0 radical (unpaired) electrons. The van der Waals surface area contributed by atoms with E-state index >= 15 is 0 Å². The normalized spacial score (nSPS) is 18.9. The van der Waals surface area contributed by atoms with Gasteiger partial charge >= 0.3 is 0 Å². The Morgan fingerprint density at radius 1 is 1.42 bits per heavy atom. The van der Waals surface area contributed by atoms with Crippen molar-refractivity contribution in [3.05, 3.63) is 34.1 Å². The van der Waals surface area contributed by atoms with Gasteiger partial charge in [0.1, 0.15) is 5.82 Å². The lowest BCUT2D eigenvalue weighted by Gasteiger charge is -2.33. The molecule has 2 rings (SSSR count). The molecule has 2 N–H and O–H groups in total. The second-order valence-corrected chi connectivity index (χ2v) is 6.08. The Labute approximate surface area is 129 Å². The molecule has 5 heteroatoms. The van der Waals surface area contributed by atoms with E-state index in [0.717, 1.165) is 38.0 Å². The van der Waals surface area contributed by atoms with Gasteiger partial charge in [-0.15, -0.1) is 12.4 Å². The maximum Gasteiger partial charge on any atom is 0.137 e. The third kappa shape index (κ3) is 4.71. The Bertz CT molecular complexity index is 406. The molecule has 0 saturated carbocycles. The van der Waals surface area contributed by atoms with Crippen LogP contribution in [-0.2, 0) is 6.54 Å². The molecule has 1 aromatic carbocycles. The lowest BCUT2D eigenvalue weighted by molar-refractivity contribution is 0.165. The topological polar surface area (TPSA) is 29.3 Å². The molecule has 1 aliphatic rings. The van der Waals surface area contributed by atoms with Gasteiger partial charge in [0.05, 0.1) is 4.47 Å². The number of likely N-dealkylation sites (tertiary alicyclic amines) is 1. The number of benzene rings is 1. The Hall–Kier alpha value is -0.160. The molecule has 19 heavy (non-hydrogen) atoms. The number of hydrogen-bond acceptors (Lipinski definition) is 2. The number of nitrogens with zero attached hydrogens (tertiary/aromatic N) is 1. The molecule has 0 amide bonds. The van der Waals surface area contributed by atoms with Crippen LogP contribution in [0.3, 0.4) is 0 Å². The molecule has 0 aliphatic carbocycles. The van der Waals surface area contributed by atoms with Gasteiger partial charge in [0, 0.05) is 12.6 Å². The van der Waals surface area contributed by atoms with Crippen LogP contribution < -0.4 is 5.73 Å². The zero-order valence-corrected chi connectivity index (χ0v) is 13.5. The Kier molecular flexibility index (Phi) is 6.74. The first-order chi connectivity index (χ1) is 8.56. The average Bonchev–Trinajstić information content (AvgIpc) is 2.34. The molecule has 0 aromatic heterocycles. The third-order valence-electron chi connectivity index (χ3n) is 3.77. The fourth-order valence-electron chi connectivity index (χ4n) is 2.53. The van der Waals surface area contributed by atoms with E-state index in [1.807, 2.05) is 6.07 Å². The fourth-order valence-corrected chi connectivity index (χ4v) is 2.78. The van der Waals surface area contributed by atoms with Crippen molar-refractivity contribution in [1.82, 2.24) is 4.90 Å². The van der Waals surface area contributed by atoms with Crippen molar-refractivity contribution < 1.29 is 4.39 Å². The molecule has 1 fully saturated rings. The summed E-state index contributed by atoms with van der Waals surface area (Å²) in [6, 6.07) is 5.66. The highest BCUT2D eigenvalue weighted by Gasteiger charge is 2.21. The van der Waals surface area contributed by atoms with Gasteiger partial charge in [-0.1, -0.05) is 6.07 Å². The molecular formula is C14H21BrClFN2. The summed E-state index contributed by atoms with van der Waals surface area (Å²) in [7, 11) is 0. The second-order valence-electron chi connectivity index (χ2n) is 5.22. The molecule has 0 bridgehead atoms. The number of piperidine rings is 1. The number of halogens is 3. The standard InChI is InChI=1S/C14H20BrFN2.ClH/c1-10(17)12-4-6-18(7-5-12)9-11-2-3-13(15)14(16)8-11;/h2-3,8,10,12H,4-7,9,17H2,1H3;1H. The van der Waals surface area contributed by atoms with Gasteiger partial charge in [-0.05, 0) is 72.4 Å². The molecule has 1 atom stereocenters. The summed E-state index contributed by atoms with van der Waals surface area (Å²) in [6.45, 7) is 5.04. The van der Waals surface area contributed by atoms with Gasteiger partial charge in [0.2, 0.25) is 0 Å². The zero-order valence-electron chi connectivity index (χ0n) is 11.1. The minimum Gasteiger partial charge on any atom is -0.328 e. The molecule has 2 nitrogen and oxygen atoms in total. The first-order valence-electron chi connectivity index (χ1n) is 6.48. The van der Waals surface area contributed by atoms with E-state index in [1.165, 1.54) is 0 Å². The van der Waals surface area contributed by atoms with Crippen LogP contribution >= 0.6 is 28.3 Å². The van der Waals surface area contributed by atoms with Crippen molar-refractivity contribution in [3.8, 4) is 0 Å². The number of nitrogens with two attached hydrogens (primary N) is 1. The van der Waals surface area contributed by atoms with Gasteiger partial charge in [-0.3, -0.25) is 4.90 Å². The van der Waals surface area contributed by atoms with E-state index in [2.05, 4.69) is 27.8 Å². The minimum atomic E-state index is -0.182. The van der Waals surface area contributed by atoms with Crippen LogP contribution in [0.2, 0.25) is 0 Å². The average molecular weight is 352 g/mol. The first-order valence-corrected chi connectivity index (χ1v) is 7.27. The molecule has 0 spiro atoms. The molecular weight excluding hydrogens is 331 g/mol. The summed E-state index contributed by atoms with van der Waals surface area (Å²) in [4.78, 5) is 2.38. The number of rotatable bonds is 3. The maximum atomic E-state index is 13.4. The van der Waals surface area contributed by atoms with E-state index in [4.69, 9.17) is 5.73 Å². The smallest absolute Gasteiger partial charge is 0.137 e. The van der Waals surface area contributed by atoms with Crippen molar-refractivity contribution in [2.24, 2.45) is 11.7 Å². The predicted molar refractivity (Wildman–Crippen MR) is 83.0 cm³/mol. The van der Waals surface area contributed by atoms with E-state index in [-0.39, 0.29) is 24.3 Å². The van der Waals surface area contributed by atoms with Gasteiger partial charge in [0.15, 0.2) is 0 Å². The van der Waals surface area contributed by atoms with Crippen LogP contribution in [0.15, 0.2) is 22.7 Å². The molecule has 1 unspecified atom stereocenters. The van der Waals surface area contributed by atoms with Crippen molar-refractivity contribution in [1.29, 1.82) is 0 Å². The highest BCUT2D eigenvalue weighted by atomic mass is 79.9. The molecule has 1 heterocycles. The van der Waals surface area contributed by atoms with Gasteiger partial charge in [0.25, 0.3) is 0 Å². The van der Waals surface area contributed by atoms with Crippen molar-refractivity contribution in [2.45, 2.75) is 32.4 Å². The van der Waals surface area contributed by atoms with Crippen molar-refractivity contribution >= 4 is 28.3 Å². The lowest BCUT2D eigenvalue weighted by atomic mass is 9.91. The fraction of sp³-hybridized carbons (Fsp3) is 0.571. The summed E-state index contributed by atoms with van der Waals surface area (Å²) in [6.07, 6.45) is 2.30. The van der Waals surface area contributed by atoms with Crippen LogP contribution in [0.25, 0.3) is 0 Å². The van der Waals surface area contributed by atoms with Crippen LogP contribution in [0.1, 0.15) is 25.3 Å². The monoisotopic (exact) mass is 350 g/mol. The molecule has 1 aromatic rings. The van der Waals surface area contributed by atoms with Crippen LogP contribution in [0.5, 0.6) is 0 Å². The summed E-state index contributed by atoms with van der Waals surface area (Å²) in [5.41, 5.74) is 6.97. The van der Waals surface area contributed by atoms with Crippen molar-refractivity contribution in [3.63, 3.8) is 0 Å². The maximum absolute atomic E-state index is 13.4. The quantitative estimate of drug-likeness (QED) is 0.902. The van der Waals surface area contributed by atoms with E-state index in [0.29, 0.717) is 10.4 Å². The van der Waals surface area contributed by atoms with Crippen LogP contribution in [0, 0.1) is 11.7 Å². The van der Waals surface area contributed by atoms with E-state index in [1.54, 1.807) is 12.1 Å². The van der Waals surface area contributed by atoms with Gasteiger partial charge in [-0.25, -0.2) is 4.39 Å². The van der Waals surface area contributed by atoms with E-state index in [9.17, 15) is 4.39 Å². The summed E-state index contributed by atoms with van der Waals surface area (Å²) in [5, 5.41) is 0. The predicted octanol–water partition coefficient (Wildman–Crippen LogP) is 3.57. The molecule has 1 aliphatic heterocycles. The first kappa shape index (κ1) is 16.9. The summed E-state index contributed by atoms with van der Waals surface area (Å²) < 4.78 is 13.9. The number of hydrogen-bond donors (Lipinski definition) is 1. The summed E-state index contributed by atoms with van der Waals surface area (Å²) >= 11 is 3.18. The highest BCUT2D eigenvalue weighted by Crippen LogP contribution is 2.22. The second kappa shape index (κ2) is 7.58. The Balaban J connectivity index is 0.00000180.